The van der Waals surface area contributed by atoms with Gasteiger partial charge in [-0.05, 0) is 0 Å². The molecule has 0 aliphatic carbocycles. The Bertz CT molecular complexity index is 565. The molecular weight excluding hydrogens is 600 g/mol. The van der Waals surface area contributed by atoms with Crippen LogP contribution in [0.2, 0.25) is 0 Å². The summed E-state index contributed by atoms with van der Waals surface area (Å²) in [4.78, 5) is 0. The Morgan fingerprint density at radius 3 is 1.00 bits per heavy atom. The third-order valence-electron chi connectivity index (χ3n) is 2.22. The van der Waals surface area contributed by atoms with Crippen LogP contribution in [0.3, 0.4) is 0 Å². The third kappa shape index (κ3) is 3.30. The first-order chi connectivity index (χ1) is 9.50. The molecule has 0 bridgehead atoms. The summed E-state index contributed by atoms with van der Waals surface area (Å²) in [6.07, 6.45) is -7.61. The van der Waals surface area contributed by atoms with Crippen molar-refractivity contribution in [3.8, 4) is 0 Å². The molecule has 0 unspecified atom stereocenters. The zero-order chi connectivity index (χ0) is 19.5. The van der Waals surface area contributed by atoms with Crippen molar-refractivity contribution in [2.75, 3.05) is 0 Å². The molecule has 0 fully saturated rings. The molecule has 0 heterocycles. The van der Waals surface area contributed by atoms with Crippen molar-refractivity contribution in [2.45, 2.75) is 35.1 Å². The van der Waals surface area contributed by atoms with E-state index in [9.17, 15) is 70.0 Å². The van der Waals surface area contributed by atoms with E-state index < -0.39 is 45.2 Å². The van der Waals surface area contributed by atoms with Crippen LogP contribution in [0.25, 0.3) is 0 Å². The summed E-state index contributed by atoms with van der Waals surface area (Å²) in [5.74, 6) is -32.6. The molecule has 1 radical (unpaired) electrons. The maximum absolute atomic E-state index is 12.7. The van der Waals surface area contributed by atoms with Gasteiger partial charge >= 0.3 is 62.8 Å². The fourth-order valence-electron chi connectivity index (χ4n) is 0.912. The Hall–Kier alpha value is -0.0649. The number of rotatable bonds is 5. The fraction of sp³-hybridized carbons (Fsp3) is 1.00. The van der Waals surface area contributed by atoms with E-state index in [0.717, 1.165) is 0 Å². The number of halogens is 13. The van der Waals surface area contributed by atoms with Gasteiger partial charge in [-0.1, -0.05) is 0 Å². The van der Waals surface area contributed by atoms with Gasteiger partial charge < -0.3 is 4.55 Å². The van der Waals surface area contributed by atoms with E-state index in [-0.39, 0.29) is 27.7 Å². The minimum atomic E-state index is -8.29. The van der Waals surface area contributed by atoms with Crippen molar-refractivity contribution in [3.63, 3.8) is 0 Å². The summed E-state index contributed by atoms with van der Waals surface area (Å²) in [5, 5.41) is -7.63. The average molecular weight is 600 g/mol. The van der Waals surface area contributed by atoms with Gasteiger partial charge in [0.05, 0.1) is 0 Å². The minimum Gasteiger partial charge on any atom is -0.743 e. The van der Waals surface area contributed by atoms with Crippen LogP contribution < -0.4 is 0 Å². The van der Waals surface area contributed by atoms with Crippen LogP contribution in [0, 0.1) is 0 Å². The zero-order valence-electron chi connectivity index (χ0n) is 10.3. The van der Waals surface area contributed by atoms with E-state index >= 15 is 0 Å². The molecule has 141 valence electrons. The summed E-state index contributed by atoms with van der Waals surface area (Å²) < 4.78 is 189. The van der Waals surface area contributed by atoms with Gasteiger partial charge in [0.1, 0.15) is 0 Å². The monoisotopic (exact) mass is 601 g/mol. The van der Waals surface area contributed by atoms with Crippen LogP contribution in [-0.2, 0) is 37.8 Å². The molecule has 0 aromatic heterocycles. The Kier molecular flexibility index (Phi) is 6.84. The molecule has 0 amide bonds. The van der Waals surface area contributed by atoms with Gasteiger partial charge in [0.2, 0.25) is 0 Å². The Morgan fingerprint density at radius 1 is 0.542 bits per heavy atom. The topological polar surface area (TPSA) is 57.2 Å². The Labute approximate surface area is 143 Å². The SMILES string of the molecule is O=S(=O)([O-])C(F)(F)C(F)(F)C(F)(F)C(F)(F)C(F)(F)C(F)(F)F.[Hg+]. The standard InChI is InChI=1S/C6HF13O3S.Hg/c7-1(8,3(11,12)5(15,16)17)2(9,10)4(13,14)6(18,19)23(20,21)22;/h(H,20,21,22);/q;+1/p-1. The second kappa shape index (κ2) is 6.28. The summed E-state index contributed by atoms with van der Waals surface area (Å²) >= 11 is 0. The van der Waals surface area contributed by atoms with Gasteiger partial charge in [-0.25, -0.2) is 8.42 Å². The molecule has 0 aromatic rings. The smallest absolute Gasteiger partial charge is 0.743 e. The molecule has 0 rings (SSSR count). The van der Waals surface area contributed by atoms with E-state index in [4.69, 9.17) is 0 Å². The molecule has 3 nitrogen and oxygen atoms in total. The maximum Gasteiger partial charge on any atom is 1.00 e. The van der Waals surface area contributed by atoms with Crippen molar-refractivity contribution < 1.29 is 97.7 Å². The molecule has 0 atom stereocenters. The van der Waals surface area contributed by atoms with Gasteiger partial charge in [0.25, 0.3) is 0 Å². The van der Waals surface area contributed by atoms with Crippen molar-refractivity contribution >= 4 is 10.1 Å². The second-order valence-corrected chi connectivity index (χ2v) is 5.19. The van der Waals surface area contributed by atoms with Gasteiger partial charge in [0.15, 0.2) is 10.1 Å². The first-order valence-electron chi connectivity index (χ1n) is 4.41. The van der Waals surface area contributed by atoms with E-state index in [1.165, 1.54) is 0 Å². The van der Waals surface area contributed by atoms with E-state index in [1.54, 1.807) is 0 Å². The second-order valence-electron chi connectivity index (χ2n) is 3.77. The molecule has 0 aromatic carbocycles. The third-order valence-corrected chi connectivity index (χ3v) is 3.10. The Balaban J connectivity index is 0. The minimum absolute atomic E-state index is 0. The fourth-order valence-corrected chi connectivity index (χ4v) is 1.35. The van der Waals surface area contributed by atoms with Gasteiger partial charge in [-0.2, -0.15) is 57.1 Å². The average Bonchev–Trinajstić information content (AvgIpc) is 2.24. The van der Waals surface area contributed by atoms with Gasteiger partial charge in [0, 0.05) is 0 Å². The first-order valence-corrected chi connectivity index (χ1v) is 5.82. The molecule has 24 heavy (non-hydrogen) atoms. The summed E-state index contributed by atoms with van der Waals surface area (Å²) in [6, 6.07) is 0. The summed E-state index contributed by atoms with van der Waals surface area (Å²) in [5.41, 5.74) is 0. The van der Waals surface area contributed by atoms with Gasteiger partial charge in [-0.3, -0.25) is 0 Å². The molecule has 0 N–H and O–H groups in total. The number of alkyl halides is 13. The number of hydrogen-bond acceptors (Lipinski definition) is 3. The predicted molar refractivity (Wildman–Crippen MR) is 40.5 cm³/mol. The summed E-state index contributed by atoms with van der Waals surface area (Å²) in [7, 11) is -7.86. The molecule has 0 spiro atoms. The normalized spacial score (nSPS) is 15.9. The molecule has 0 aliphatic rings. The van der Waals surface area contributed by atoms with Crippen molar-refractivity contribution in [1.29, 1.82) is 0 Å². The van der Waals surface area contributed by atoms with Crippen molar-refractivity contribution in [2.24, 2.45) is 0 Å². The van der Waals surface area contributed by atoms with E-state index in [2.05, 4.69) is 0 Å². The quantitative estimate of drug-likeness (QED) is 0.277. The van der Waals surface area contributed by atoms with Crippen molar-refractivity contribution in [1.82, 2.24) is 0 Å². The van der Waals surface area contributed by atoms with E-state index in [0.29, 0.717) is 0 Å². The summed E-state index contributed by atoms with van der Waals surface area (Å²) in [6.45, 7) is 0. The first kappa shape index (κ1) is 26.2. The van der Waals surface area contributed by atoms with Crippen LogP contribution >= 0.6 is 0 Å². The van der Waals surface area contributed by atoms with Crippen LogP contribution in [0.1, 0.15) is 0 Å². The van der Waals surface area contributed by atoms with Crippen molar-refractivity contribution in [3.05, 3.63) is 0 Å². The van der Waals surface area contributed by atoms with Crippen LogP contribution in [-0.4, -0.2) is 48.1 Å². The molecular formula is C6F13HgO3S. The van der Waals surface area contributed by atoms with Crippen LogP contribution in [0.15, 0.2) is 0 Å². The molecule has 18 heteroatoms. The number of hydrogen-bond donors (Lipinski definition) is 0. The Morgan fingerprint density at radius 2 is 0.792 bits per heavy atom. The maximum atomic E-state index is 12.7. The van der Waals surface area contributed by atoms with Crippen LogP contribution in [0.5, 0.6) is 0 Å². The molecule has 0 saturated heterocycles. The van der Waals surface area contributed by atoms with Gasteiger partial charge in [-0.15, -0.1) is 0 Å². The molecule has 0 aliphatic heterocycles. The largest absolute Gasteiger partial charge is 1.00 e. The van der Waals surface area contributed by atoms with Crippen LogP contribution in [0.4, 0.5) is 57.1 Å². The zero-order valence-corrected chi connectivity index (χ0v) is 16.6. The van der Waals surface area contributed by atoms with E-state index in [1.807, 2.05) is 0 Å². The molecule has 0 saturated carbocycles. The predicted octanol–water partition coefficient (Wildman–Crippen LogP) is 3.23.